The molecule has 0 saturated carbocycles. The van der Waals surface area contributed by atoms with Gasteiger partial charge >= 0.3 is 6.36 Å². The van der Waals surface area contributed by atoms with Crippen molar-refractivity contribution in [2.75, 3.05) is 11.9 Å². The Morgan fingerprint density at radius 1 is 1.29 bits per heavy atom. The van der Waals surface area contributed by atoms with Gasteiger partial charge in [-0.15, -0.1) is 13.2 Å². The van der Waals surface area contributed by atoms with Gasteiger partial charge in [0.05, 0.1) is 0 Å². The Balaban J connectivity index is 2.21. The topological polar surface area (TPSA) is 21.3 Å². The van der Waals surface area contributed by atoms with Gasteiger partial charge in [0.15, 0.2) is 0 Å². The van der Waals surface area contributed by atoms with Crippen LogP contribution in [-0.4, -0.2) is 12.9 Å². The molecule has 1 heterocycles. The fraction of sp³-hybridized carbons (Fsp3) is 0.333. The number of nitrogens with one attached hydrogen (secondary N) is 1. The molecule has 5 heteroatoms. The fourth-order valence-electron chi connectivity index (χ4n) is 1.48. The number of halogens is 3. The average Bonchev–Trinajstić information content (AvgIpc) is 2.47. The van der Waals surface area contributed by atoms with Gasteiger partial charge in [0, 0.05) is 12.2 Å². The Labute approximate surface area is 78.7 Å². The molecule has 0 spiro atoms. The number of alkyl halides is 3. The Morgan fingerprint density at radius 3 is 2.79 bits per heavy atom. The molecule has 14 heavy (non-hydrogen) atoms. The smallest absolute Gasteiger partial charge is 0.406 e. The number of hydrogen-bond donors (Lipinski definition) is 1. The molecule has 1 aliphatic heterocycles. The molecule has 0 aromatic heterocycles. The van der Waals surface area contributed by atoms with Gasteiger partial charge in [-0.2, -0.15) is 0 Å². The minimum absolute atomic E-state index is 0.153. The van der Waals surface area contributed by atoms with Crippen molar-refractivity contribution in [2.45, 2.75) is 12.8 Å². The quantitative estimate of drug-likeness (QED) is 0.757. The van der Waals surface area contributed by atoms with Crippen LogP contribution < -0.4 is 10.1 Å². The lowest BCUT2D eigenvalue weighted by Gasteiger charge is -2.09. The SMILES string of the molecule is FC(F)(F)Oc1ccc2c(c1)CCN2. The Hall–Kier alpha value is -1.39. The van der Waals surface area contributed by atoms with Gasteiger partial charge in [-0.25, -0.2) is 0 Å². The van der Waals surface area contributed by atoms with Crippen molar-refractivity contribution in [1.29, 1.82) is 0 Å². The molecule has 0 fully saturated rings. The van der Waals surface area contributed by atoms with E-state index in [2.05, 4.69) is 10.1 Å². The largest absolute Gasteiger partial charge is 0.573 e. The molecule has 1 aromatic rings. The summed E-state index contributed by atoms with van der Waals surface area (Å²) in [7, 11) is 0. The van der Waals surface area contributed by atoms with E-state index in [1.165, 1.54) is 12.1 Å². The van der Waals surface area contributed by atoms with Crippen molar-refractivity contribution < 1.29 is 17.9 Å². The monoisotopic (exact) mass is 203 g/mol. The summed E-state index contributed by atoms with van der Waals surface area (Å²) in [6.45, 7) is 0.769. The summed E-state index contributed by atoms with van der Waals surface area (Å²) >= 11 is 0. The van der Waals surface area contributed by atoms with E-state index in [1.807, 2.05) is 0 Å². The number of fused-ring (bicyclic) bond motifs is 1. The molecule has 2 nitrogen and oxygen atoms in total. The highest BCUT2D eigenvalue weighted by Crippen LogP contribution is 2.29. The van der Waals surface area contributed by atoms with Crippen molar-refractivity contribution in [3.05, 3.63) is 23.8 Å². The molecule has 0 radical (unpaired) electrons. The minimum Gasteiger partial charge on any atom is -0.406 e. The maximum Gasteiger partial charge on any atom is 0.573 e. The third kappa shape index (κ3) is 1.92. The van der Waals surface area contributed by atoms with Gasteiger partial charge in [-0.3, -0.25) is 0 Å². The van der Waals surface area contributed by atoms with Gasteiger partial charge in [-0.1, -0.05) is 0 Å². The molecule has 0 saturated heterocycles. The van der Waals surface area contributed by atoms with Crippen LogP contribution in [0, 0.1) is 0 Å². The number of rotatable bonds is 1. The zero-order chi connectivity index (χ0) is 10.2. The van der Waals surface area contributed by atoms with Crippen molar-refractivity contribution >= 4 is 5.69 Å². The standard InChI is InChI=1S/C9H8F3NO/c10-9(11,12)14-7-1-2-8-6(5-7)3-4-13-8/h1-2,5,13H,3-4H2. The first-order chi connectivity index (χ1) is 6.54. The molecule has 76 valence electrons. The zero-order valence-corrected chi connectivity index (χ0v) is 7.19. The third-order valence-corrected chi connectivity index (χ3v) is 2.02. The van der Waals surface area contributed by atoms with Crippen LogP contribution in [0.1, 0.15) is 5.56 Å². The predicted molar refractivity (Wildman–Crippen MR) is 45.3 cm³/mol. The minimum atomic E-state index is -4.61. The first kappa shape index (κ1) is 9.18. The van der Waals surface area contributed by atoms with Gasteiger partial charge in [0.1, 0.15) is 5.75 Å². The Kier molecular flexibility index (Phi) is 2.02. The van der Waals surface area contributed by atoms with Crippen molar-refractivity contribution in [3.63, 3.8) is 0 Å². The van der Waals surface area contributed by atoms with Crippen LogP contribution in [0.5, 0.6) is 5.75 Å². The lowest BCUT2D eigenvalue weighted by molar-refractivity contribution is -0.274. The molecule has 0 unspecified atom stereocenters. The maximum absolute atomic E-state index is 11.9. The molecule has 0 atom stereocenters. The number of hydrogen-bond acceptors (Lipinski definition) is 2. The highest BCUT2D eigenvalue weighted by Gasteiger charge is 2.31. The average molecular weight is 203 g/mol. The number of benzene rings is 1. The molecule has 1 aromatic carbocycles. The maximum atomic E-state index is 11.9. The van der Waals surface area contributed by atoms with Crippen LogP contribution in [0.3, 0.4) is 0 Å². The van der Waals surface area contributed by atoms with E-state index in [0.717, 1.165) is 24.2 Å². The fourth-order valence-corrected chi connectivity index (χ4v) is 1.48. The summed E-state index contributed by atoms with van der Waals surface area (Å²) in [6.07, 6.45) is -3.87. The van der Waals surface area contributed by atoms with E-state index in [1.54, 1.807) is 6.07 Å². The van der Waals surface area contributed by atoms with E-state index >= 15 is 0 Å². The van der Waals surface area contributed by atoms with Gasteiger partial charge < -0.3 is 10.1 Å². The molecule has 2 rings (SSSR count). The van der Waals surface area contributed by atoms with Crippen LogP contribution >= 0.6 is 0 Å². The van der Waals surface area contributed by atoms with Crippen LogP contribution in [-0.2, 0) is 6.42 Å². The second-order valence-electron chi connectivity index (χ2n) is 3.04. The molecule has 0 bridgehead atoms. The van der Waals surface area contributed by atoms with Crippen molar-refractivity contribution in [2.24, 2.45) is 0 Å². The van der Waals surface area contributed by atoms with Crippen LogP contribution in [0.4, 0.5) is 18.9 Å². The summed E-state index contributed by atoms with van der Waals surface area (Å²) in [4.78, 5) is 0. The van der Waals surface area contributed by atoms with E-state index in [9.17, 15) is 13.2 Å². The molecule has 1 aliphatic rings. The summed E-state index contributed by atoms with van der Waals surface area (Å²) in [5, 5.41) is 3.05. The predicted octanol–water partition coefficient (Wildman–Crippen LogP) is 2.55. The summed E-state index contributed by atoms with van der Waals surface area (Å²) in [5.41, 5.74) is 1.76. The van der Waals surface area contributed by atoms with Crippen LogP contribution in [0.15, 0.2) is 18.2 Å². The van der Waals surface area contributed by atoms with Crippen molar-refractivity contribution in [3.8, 4) is 5.75 Å². The van der Waals surface area contributed by atoms with E-state index in [-0.39, 0.29) is 5.75 Å². The van der Waals surface area contributed by atoms with Gasteiger partial charge in [0.2, 0.25) is 0 Å². The molecule has 0 amide bonds. The Morgan fingerprint density at radius 2 is 2.07 bits per heavy atom. The second kappa shape index (κ2) is 3.08. The lowest BCUT2D eigenvalue weighted by atomic mass is 10.1. The third-order valence-electron chi connectivity index (χ3n) is 2.02. The Bertz CT molecular complexity index is 348. The summed E-state index contributed by atoms with van der Waals surface area (Å²) < 4.78 is 39.4. The molecular formula is C9H8F3NO. The first-order valence-electron chi connectivity index (χ1n) is 4.17. The first-order valence-corrected chi connectivity index (χ1v) is 4.17. The highest BCUT2D eigenvalue weighted by atomic mass is 19.4. The van der Waals surface area contributed by atoms with Crippen molar-refractivity contribution in [1.82, 2.24) is 0 Å². The number of ether oxygens (including phenoxy) is 1. The molecule has 0 aliphatic carbocycles. The van der Waals surface area contributed by atoms with E-state index < -0.39 is 6.36 Å². The van der Waals surface area contributed by atoms with Gasteiger partial charge in [0.25, 0.3) is 0 Å². The lowest BCUT2D eigenvalue weighted by Crippen LogP contribution is -2.17. The normalized spacial score (nSPS) is 14.8. The van der Waals surface area contributed by atoms with E-state index in [4.69, 9.17) is 0 Å². The second-order valence-corrected chi connectivity index (χ2v) is 3.04. The number of anilines is 1. The molecular weight excluding hydrogens is 195 g/mol. The van der Waals surface area contributed by atoms with E-state index in [0.29, 0.717) is 0 Å². The zero-order valence-electron chi connectivity index (χ0n) is 7.19. The molecule has 1 N–H and O–H groups in total. The van der Waals surface area contributed by atoms with Crippen LogP contribution in [0.2, 0.25) is 0 Å². The highest BCUT2D eigenvalue weighted by molar-refractivity contribution is 5.57. The summed E-state index contributed by atoms with van der Waals surface area (Å²) in [6, 6.07) is 4.33. The van der Waals surface area contributed by atoms with Crippen LogP contribution in [0.25, 0.3) is 0 Å². The summed E-state index contributed by atoms with van der Waals surface area (Å²) in [5.74, 6) is -0.153. The van der Waals surface area contributed by atoms with Gasteiger partial charge in [-0.05, 0) is 30.2 Å².